The summed E-state index contributed by atoms with van der Waals surface area (Å²) in [5.41, 5.74) is 10.8. The largest absolute Gasteiger partial charge is 0.495 e. The van der Waals surface area contributed by atoms with Gasteiger partial charge in [-0.3, -0.25) is 9.59 Å². The number of benzene rings is 2. The van der Waals surface area contributed by atoms with Crippen LogP contribution in [0.4, 0.5) is 26.0 Å². The van der Waals surface area contributed by atoms with Crippen LogP contribution >= 0.6 is 0 Å². The molecule has 2 heterocycles. The van der Waals surface area contributed by atoms with Crippen molar-refractivity contribution in [2.24, 2.45) is 13.0 Å². The minimum absolute atomic E-state index is 0.202. The second kappa shape index (κ2) is 9.81. The van der Waals surface area contributed by atoms with Crippen molar-refractivity contribution in [3.8, 4) is 34.2 Å². The number of nitrogen functional groups attached to an aromatic ring is 1. The molecule has 0 bridgehead atoms. The summed E-state index contributed by atoms with van der Waals surface area (Å²) in [5, 5.41) is 15.6. The van der Waals surface area contributed by atoms with Crippen LogP contribution in [0.5, 0.6) is 5.75 Å². The lowest BCUT2D eigenvalue weighted by molar-refractivity contribution is -0.119. The van der Waals surface area contributed by atoms with Crippen LogP contribution in [0.25, 0.3) is 33.3 Å². The molecule has 1 fully saturated rings. The summed E-state index contributed by atoms with van der Waals surface area (Å²) in [6.45, 7) is 3.46. The van der Waals surface area contributed by atoms with E-state index in [1.165, 1.54) is 19.4 Å². The number of nitrogens with two attached hydrogens (primary N) is 1. The second-order valence-electron chi connectivity index (χ2n) is 9.37. The van der Waals surface area contributed by atoms with Crippen LogP contribution < -0.4 is 21.1 Å². The smallest absolute Gasteiger partial charge is 0.260 e. The molecule has 1 saturated carbocycles. The molecule has 0 aliphatic heterocycles. The van der Waals surface area contributed by atoms with Crippen molar-refractivity contribution in [2.45, 2.75) is 12.3 Å². The van der Waals surface area contributed by atoms with E-state index in [2.05, 4.69) is 28.3 Å². The Bertz CT molecular complexity index is 1740. The first-order valence-corrected chi connectivity index (χ1v) is 12.2. The first-order chi connectivity index (χ1) is 19.1. The van der Waals surface area contributed by atoms with Gasteiger partial charge >= 0.3 is 0 Å². The minimum Gasteiger partial charge on any atom is -0.495 e. The van der Waals surface area contributed by atoms with Crippen molar-refractivity contribution >= 4 is 39.9 Å². The Morgan fingerprint density at radius 1 is 1.23 bits per heavy atom. The zero-order valence-corrected chi connectivity index (χ0v) is 21.6. The van der Waals surface area contributed by atoms with E-state index < -0.39 is 24.2 Å². The molecule has 2 amide bonds. The number of nitriles is 1. The molecule has 2 aromatic carbocycles. The molecular formula is C29H24F2N6O3. The molecule has 4 aromatic rings. The maximum Gasteiger partial charge on any atom is 0.260 e. The number of alkyl halides is 2. The number of anilines is 3. The zero-order chi connectivity index (χ0) is 28.8. The Morgan fingerprint density at radius 2 is 1.90 bits per heavy atom. The lowest BCUT2D eigenvalue weighted by atomic mass is 9.97. The lowest BCUT2D eigenvalue weighted by Crippen LogP contribution is -2.17. The number of nitrogens with zero attached hydrogens (tertiary/aromatic N) is 3. The molecule has 11 heteroatoms. The third-order valence-electron chi connectivity index (χ3n) is 6.86. The van der Waals surface area contributed by atoms with Gasteiger partial charge in [-0.1, -0.05) is 24.8 Å². The molecule has 1 unspecified atom stereocenters. The van der Waals surface area contributed by atoms with Gasteiger partial charge in [-0.25, -0.2) is 13.8 Å². The van der Waals surface area contributed by atoms with Crippen molar-refractivity contribution in [1.29, 1.82) is 5.26 Å². The van der Waals surface area contributed by atoms with Crippen molar-refractivity contribution in [3.63, 3.8) is 0 Å². The number of hydrogen-bond acceptors (Lipinski definition) is 6. The third kappa shape index (κ3) is 4.49. The van der Waals surface area contributed by atoms with Gasteiger partial charge in [0.15, 0.2) is 0 Å². The number of fused-ring (bicyclic) bond motifs is 1. The highest BCUT2D eigenvalue weighted by Crippen LogP contribution is 2.50. The van der Waals surface area contributed by atoms with Crippen LogP contribution in [-0.2, 0) is 16.6 Å². The lowest BCUT2D eigenvalue weighted by Gasteiger charge is -2.14. The van der Waals surface area contributed by atoms with Crippen LogP contribution in [0.1, 0.15) is 12.0 Å². The number of aryl methyl sites for hydroxylation is 1. The molecule has 0 saturated heterocycles. The molecule has 40 heavy (non-hydrogen) atoms. The Kier molecular flexibility index (Phi) is 6.47. The fourth-order valence-corrected chi connectivity index (χ4v) is 4.78. The molecule has 0 radical (unpaired) electrons. The van der Waals surface area contributed by atoms with Gasteiger partial charge in [-0.2, -0.15) is 5.26 Å². The molecular weight excluding hydrogens is 518 g/mol. The van der Waals surface area contributed by atoms with Gasteiger partial charge in [0.05, 0.1) is 35.0 Å². The predicted molar refractivity (Wildman–Crippen MR) is 148 cm³/mol. The number of aromatic nitrogens is 2. The normalized spacial score (nSPS) is 15.2. The van der Waals surface area contributed by atoms with Gasteiger partial charge in [0, 0.05) is 30.9 Å². The molecule has 1 aliphatic carbocycles. The summed E-state index contributed by atoms with van der Waals surface area (Å²) in [7, 11) is 3.21. The summed E-state index contributed by atoms with van der Waals surface area (Å²) in [6.07, 6.45) is 2.10. The van der Waals surface area contributed by atoms with Gasteiger partial charge in [0.2, 0.25) is 11.8 Å². The number of methoxy groups -OCH3 is 1. The molecule has 2 aromatic heterocycles. The van der Waals surface area contributed by atoms with E-state index in [1.54, 1.807) is 37.4 Å². The van der Waals surface area contributed by atoms with Crippen molar-refractivity contribution in [2.75, 3.05) is 23.5 Å². The minimum atomic E-state index is -3.00. The number of carbonyl (C=O) groups excluding carboxylic acids is 2. The topological polar surface area (TPSA) is 135 Å². The van der Waals surface area contributed by atoms with E-state index >= 15 is 0 Å². The highest BCUT2D eigenvalue weighted by atomic mass is 19.3. The Balaban J connectivity index is 1.67. The van der Waals surface area contributed by atoms with E-state index in [-0.39, 0.29) is 23.2 Å². The number of amides is 2. The van der Waals surface area contributed by atoms with Gasteiger partial charge in [-0.15, -0.1) is 0 Å². The van der Waals surface area contributed by atoms with E-state index in [9.17, 15) is 23.6 Å². The molecule has 1 aliphatic rings. The van der Waals surface area contributed by atoms with Crippen LogP contribution in [0.15, 0.2) is 61.3 Å². The monoisotopic (exact) mass is 542 g/mol. The van der Waals surface area contributed by atoms with Crippen molar-refractivity contribution < 1.29 is 23.1 Å². The standard InChI is InChI=1S/C29H24F2N6O3/c1-4-22(38)35-18-8-5-15(6-9-18)25-23(24-26(37(25)2)17(13-32)14-34-27(24)33)16-7-10-20(21(11-16)40-3)36-28(39)19-12-29(19,30)31/h4-11,14,19H,1,12H2,2-3H3,(H2,33,34)(H,35,38)(H,36,39). The van der Waals surface area contributed by atoms with E-state index in [1.807, 2.05) is 16.7 Å². The number of hydrogen-bond donors (Lipinski definition) is 3. The van der Waals surface area contributed by atoms with Crippen LogP contribution in [0, 0.1) is 17.2 Å². The van der Waals surface area contributed by atoms with Crippen molar-refractivity contribution in [1.82, 2.24) is 9.55 Å². The maximum absolute atomic E-state index is 13.4. The summed E-state index contributed by atoms with van der Waals surface area (Å²) < 4.78 is 34.2. The number of halogens is 2. The molecule has 202 valence electrons. The highest BCUT2D eigenvalue weighted by Gasteiger charge is 2.61. The van der Waals surface area contributed by atoms with Crippen molar-refractivity contribution in [3.05, 3.63) is 66.9 Å². The summed E-state index contributed by atoms with van der Waals surface area (Å²) in [4.78, 5) is 28.3. The number of nitrogens with one attached hydrogen (secondary N) is 2. The average Bonchev–Trinajstić information content (AvgIpc) is 3.48. The number of ether oxygens (including phenoxy) is 1. The highest BCUT2D eigenvalue weighted by molar-refractivity contribution is 6.11. The molecule has 9 nitrogen and oxygen atoms in total. The number of rotatable bonds is 7. The van der Waals surface area contributed by atoms with Gasteiger partial charge in [-0.05, 0) is 41.5 Å². The first-order valence-electron chi connectivity index (χ1n) is 12.2. The third-order valence-corrected chi connectivity index (χ3v) is 6.86. The fraction of sp³-hybridized carbons (Fsp3) is 0.172. The molecule has 5 rings (SSSR count). The van der Waals surface area contributed by atoms with Gasteiger partial charge in [0.1, 0.15) is 23.6 Å². The van der Waals surface area contributed by atoms with Gasteiger partial charge in [0.25, 0.3) is 5.92 Å². The zero-order valence-electron chi connectivity index (χ0n) is 21.6. The first kappa shape index (κ1) is 26.4. The van der Waals surface area contributed by atoms with Crippen LogP contribution in [0.3, 0.4) is 0 Å². The molecule has 4 N–H and O–H groups in total. The summed E-state index contributed by atoms with van der Waals surface area (Å²) >= 11 is 0. The summed E-state index contributed by atoms with van der Waals surface area (Å²) in [5.74, 6) is -5.03. The quantitative estimate of drug-likeness (QED) is 0.279. The summed E-state index contributed by atoms with van der Waals surface area (Å²) in [6, 6.07) is 14.2. The average molecular weight is 543 g/mol. The van der Waals surface area contributed by atoms with Crippen LogP contribution in [-0.4, -0.2) is 34.4 Å². The van der Waals surface area contributed by atoms with Crippen LogP contribution in [0.2, 0.25) is 0 Å². The predicted octanol–water partition coefficient (Wildman–Crippen LogP) is 5.09. The van der Waals surface area contributed by atoms with E-state index in [0.29, 0.717) is 39.0 Å². The van der Waals surface area contributed by atoms with Gasteiger partial charge < -0.3 is 25.7 Å². The van der Waals surface area contributed by atoms with E-state index in [4.69, 9.17) is 10.5 Å². The fourth-order valence-electron chi connectivity index (χ4n) is 4.78. The molecule has 0 spiro atoms. The Hall–Kier alpha value is -5.24. The number of carbonyl (C=O) groups is 2. The Labute approximate surface area is 227 Å². The second-order valence-corrected chi connectivity index (χ2v) is 9.37. The molecule has 1 atom stereocenters. The number of pyridine rings is 1. The maximum atomic E-state index is 13.4. The SMILES string of the molecule is C=CC(=O)Nc1ccc(-c2c(-c3ccc(NC(=O)C4CC4(F)F)c(OC)c3)c3c(N)ncc(C#N)c3n2C)cc1. The Morgan fingerprint density at radius 3 is 2.50 bits per heavy atom. The van der Waals surface area contributed by atoms with E-state index in [0.717, 1.165) is 5.56 Å².